The Balaban J connectivity index is 4.53. The summed E-state index contributed by atoms with van der Waals surface area (Å²) in [5.41, 5.74) is -1.22. The summed E-state index contributed by atoms with van der Waals surface area (Å²) in [5, 5.41) is 11.2. The highest BCUT2D eigenvalue weighted by Crippen LogP contribution is 2.11. The Morgan fingerprint density at radius 1 is 0.812 bits per heavy atom. The summed E-state index contributed by atoms with van der Waals surface area (Å²) in [6.45, 7) is 11.5. The lowest BCUT2D eigenvalue weighted by molar-refractivity contribution is -0.140. The molecule has 0 fully saturated rings. The third-order valence-electron chi connectivity index (χ3n) is 3.73. The van der Waals surface area contributed by atoms with E-state index in [4.69, 9.17) is 14.6 Å². The average Bonchev–Trinajstić information content (AvgIpc) is 2.61. The summed E-state index contributed by atoms with van der Waals surface area (Å²) >= 11 is 0. The summed E-state index contributed by atoms with van der Waals surface area (Å²) in [6.07, 6.45) is -0.00342. The van der Waals surface area contributed by atoms with Gasteiger partial charge in [-0.3, -0.25) is 0 Å². The van der Waals surface area contributed by atoms with Crippen molar-refractivity contribution in [1.29, 1.82) is 0 Å². The smallest absolute Gasteiger partial charge is 0.410 e. The zero-order valence-electron chi connectivity index (χ0n) is 20.4. The summed E-state index contributed by atoms with van der Waals surface area (Å²) in [6, 6.07) is 0. The van der Waals surface area contributed by atoms with Gasteiger partial charge in [0.25, 0.3) is 0 Å². The third-order valence-corrected chi connectivity index (χ3v) is 3.73. The lowest BCUT2D eigenvalue weighted by atomic mass is 10.2. The van der Waals surface area contributed by atoms with E-state index in [1.54, 1.807) is 46.4 Å². The highest BCUT2D eigenvalue weighted by molar-refractivity contribution is 5.74. The molecule has 0 aromatic carbocycles. The van der Waals surface area contributed by atoms with Crippen LogP contribution in [0.3, 0.4) is 0 Å². The van der Waals surface area contributed by atoms with E-state index in [1.165, 1.54) is 11.9 Å². The standard InChI is InChI=1S/C21H39N3O8/c1-20(2,3)31-17(27)22-11-10-14-24(19(29)32-21(4,5)6)13-9-8-12-23(7)18(28)30-15-16(25)26/h8-15H2,1-7H3,(H,22,27)(H,25,26). The van der Waals surface area contributed by atoms with Crippen LogP contribution in [0.4, 0.5) is 14.4 Å². The molecule has 3 amide bonds. The number of alkyl carbamates (subject to hydrolysis) is 1. The Kier molecular flexibility index (Phi) is 12.5. The number of ether oxygens (including phenoxy) is 3. The molecule has 0 aromatic heterocycles. The van der Waals surface area contributed by atoms with Crippen LogP contribution in [0.15, 0.2) is 0 Å². The highest BCUT2D eigenvalue weighted by Gasteiger charge is 2.22. The van der Waals surface area contributed by atoms with E-state index in [-0.39, 0.29) is 0 Å². The molecule has 0 heterocycles. The second-order valence-electron chi connectivity index (χ2n) is 9.33. The van der Waals surface area contributed by atoms with Crippen LogP contribution in [0.5, 0.6) is 0 Å². The number of hydrogen-bond acceptors (Lipinski definition) is 7. The summed E-state index contributed by atoms with van der Waals surface area (Å²) < 4.78 is 15.2. The number of carboxylic acid groups (broad SMARTS) is 1. The van der Waals surface area contributed by atoms with Gasteiger partial charge in [0.15, 0.2) is 6.61 Å². The van der Waals surface area contributed by atoms with Crippen molar-refractivity contribution in [3.05, 3.63) is 0 Å². The van der Waals surface area contributed by atoms with E-state index in [9.17, 15) is 19.2 Å². The zero-order chi connectivity index (χ0) is 24.9. The molecule has 0 aliphatic rings. The maximum absolute atomic E-state index is 12.5. The lowest BCUT2D eigenvalue weighted by Crippen LogP contribution is -2.40. The SMILES string of the molecule is CN(CCCCN(CCCNC(=O)OC(C)(C)C)C(=O)OC(C)(C)C)C(=O)OCC(=O)O. The molecule has 186 valence electrons. The number of carbonyl (C=O) groups excluding carboxylic acids is 3. The number of rotatable bonds is 11. The number of carboxylic acids is 1. The molecule has 0 rings (SSSR count). The molecule has 0 radical (unpaired) electrons. The number of amides is 3. The quantitative estimate of drug-likeness (QED) is 0.354. The molecule has 0 spiro atoms. The van der Waals surface area contributed by atoms with E-state index in [2.05, 4.69) is 10.1 Å². The molecule has 0 aliphatic heterocycles. The van der Waals surface area contributed by atoms with E-state index < -0.39 is 42.1 Å². The monoisotopic (exact) mass is 461 g/mol. The predicted octanol–water partition coefficient (Wildman–Crippen LogP) is 3.07. The minimum absolute atomic E-state index is 0.340. The number of hydrogen-bond donors (Lipinski definition) is 2. The van der Waals surface area contributed by atoms with Gasteiger partial charge in [-0.2, -0.15) is 0 Å². The van der Waals surface area contributed by atoms with Gasteiger partial charge in [0.1, 0.15) is 11.2 Å². The largest absolute Gasteiger partial charge is 0.479 e. The molecule has 0 saturated carbocycles. The Labute approximate surface area is 190 Å². The molecular formula is C21H39N3O8. The van der Waals surface area contributed by atoms with Crippen molar-refractivity contribution in [2.24, 2.45) is 0 Å². The summed E-state index contributed by atoms with van der Waals surface area (Å²) in [7, 11) is 1.51. The van der Waals surface area contributed by atoms with Crippen molar-refractivity contribution in [3.63, 3.8) is 0 Å². The molecule has 0 unspecified atom stereocenters. The van der Waals surface area contributed by atoms with Gasteiger partial charge in [0.2, 0.25) is 0 Å². The molecule has 11 nitrogen and oxygen atoms in total. The van der Waals surface area contributed by atoms with Crippen molar-refractivity contribution in [2.75, 3.05) is 39.8 Å². The first-order valence-electron chi connectivity index (χ1n) is 10.6. The van der Waals surface area contributed by atoms with Crippen LogP contribution in [0.25, 0.3) is 0 Å². The van der Waals surface area contributed by atoms with Crippen molar-refractivity contribution in [1.82, 2.24) is 15.1 Å². The van der Waals surface area contributed by atoms with Crippen molar-refractivity contribution in [2.45, 2.75) is 72.0 Å². The Morgan fingerprint density at radius 2 is 1.34 bits per heavy atom. The summed E-state index contributed by atoms with van der Waals surface area (Å²) in [4.78, 5) is 49.2. The molecule has 0 bridgehead atoms. The zero-order valence-corrected chi connectivity index (χ0v) is 20.4. The number of nitrogens with zero attached hydrogens (tertiary/aromatic N) is 2. The van der Waals surface area contributed by atoms with Crippen LogP contribution < -0.4 is 5.32 Å². The number of carbonyl (C=O) groups is 4. The van der Waals surface area contributed by atoms with Gasteiger partial charge < -0.3 is 34.4 Å². The molecule has 0 aliphatic carbocycles. The van der Waals surface area contributed by atoms with E-state index in [0.29, 0.717) is 45.4 Å². The minimum atomic E-state index is -1.22. The average molecular weight is 462 g/mol. The van der Waals surface area contributed by atoms with Crippen LogP contribution in [0.1, 0.15) is 60.8 Å². The molecular weight excluding hydrogens is 422 g/mol. The van der Waals surface area contributed by atoms with E-state index >= 15 is 0 Å². The first kappa shape index (κ1) is 29.3. The van der Waals surface area contributed by atoms with Crippen molar-refractivity contribution >= 4 is 24.2 Å². The molecule has 32 heavy (non-hydrogen) atoms. The molecule has 0 saturated heterocycles. The summed E-state index contributed by atoms with van der Waals surface area (Å²) in [5.74, 6) is -1.22. The van der Waals surface area contributed by atoms with E-state index in [1.807, 2.05) is 0 Å². The van der Waals surface area contributed by atoms with Crippen LogP contribution in [0, 0.1) is 0 Å². The fraction of sp³-hybridized carbons (Fsp3) is 0.810. The second-order valence-corrected chi connectivity index (χ2v) is 9.33. The van der Waals surface area contributed by atoms with Crippen LogP contribution >= 0.6 is 0 Å². The van der Waals surface area contributed by atoms with Gasteiger partial charge in [-0.05, 0) is 60.8 Å². The van der Waals surface area contributed by atoms with Gasteiger partial charge in [-0.15, -0.1) is 0 Å². The first-order valence-corrected chi connectivity index (χ1v) is 10.6. The highest BCUT2D eigenvalue weighted by atomic mass is 16.6. The number of nitrogens with one attached hydrogen (secondary N) is 1. The first-order chi connectivity index (χ1) is 14.6. The van der Waals surface area contributed by atoms with Crippen LogP contribution in [0.2, 0.25) is 0 Å². The number of unbranched alkanes of at least 4 members (excludes halogenated alkanes) is 1. The van der Waals surface area contributed by atoms with Gasteiger partial charge in [-0.25, -0.2) is 19.2 Å². The lowest BCUT2D eigenvalue weighted by Gasteiger charge is -2.28. The van der Waals surface area contributed by atoms with Crippen LogP contribution in [-0.4, -0.2) is 90.2 Å². The van der Waals surface area contributed by atoms with E-state index in [0.717, 1.165) is 0 Å². The third kappa shape index (κ3) is 16.0. The van der Waals surface area contributed by atoms with Gasteiger partial charge in [-0.1, -0.05) is 0 Å². The Hall–Kier alpha value is -2.72. The maximum atomic E-state index is 12.5. The predicted molar refractivity (Wildman–Crippen MR) is 118 cm³/mol. The molecule has 0 atom stereocenters. The second kappa shape index (κ2) is 13.6. The van der Waals surface area contributed by atoms with Gasteiger partial charge in [0, 0.05) is 33.2 Å². The maximum Gasteiger partial charge on any atom is 0.410 e. The Morgan fingerprint density at radius 3 is 1.88 bits per heavy atom. The topological polar surface area (TPSA) is 135 Å². The fourth-order valence-corrected chi connectivity index (χ4v) is 2.37. The fourth-order valence-electron chi connectivity index (χ4n) is 2.37. The van der Waals surface area contributed by atoms with Gasteiger partial charge in [0.05, 0.1) is 0 Å². The van der Waals surface area contributed by atoms with Crippen molar-refractivity contribution in [3.8, 4) is 0 Å². The minimum Gasteiger partial charge on any atom is -0.479 e. The van der Waals surface area contributed by atoms with Gasteiger partial charge >= 0.3 is 24.2 Å². The van der Waals surface area contributed by atoms with Crippen molar-refractivity contribution < 1.29 is 38.5 Å². The Bertz CT molecular complexity index is 626. The molecule has 2 N–H and O–H groups in total. The normalized spacial score (nSPS) is 11.3. The molecule has 11 heteroatoms. The van der Waals surface area contributed by atoms with Crippen LogP contribution in [-0.2, 0) is 19.0 Å². The number of aliphatic carboxylic acids is 1. The molecule has 0 aromatic rings.